The van der Waals surface area contributed by atoms with E-state index in [9.17, 15) is 4.39 Å². The zero-order valence-electron chi connectivity index (χ0n) is 10.1. The minimum Gasteiger partial charge on any atom is -0.369 e. The number of hydrogen-bond donors (Lipinski definition) is 0. The van der Waals surface area contributed by atoms with E-state index < -0.39 is 0 Å². The number of pyridine rings is 1. The topological polar surface area (TPSA) is 16.1 Å². The van der Waals surface area contributed by atoms with Gasteiger partial charge in [0.05, 0.1) is 11.9 Å². The van der Waals surface area contributed by atoms with Crippen LogP contribution in [0.2, 0.25) is 0 Å². The van der Waals surface area contributed by atoms with Crippen molar-refractivity contribution in [3.05, 3.63) is 59.7 Å². The molecule has 0 spiro atoms. The molecule has 0 aliphatic carbocycles. The lowest BCUT2D eigenvalue weighted by atomic mass is 10.2. The number of benzene rings is 1. The fraction of sp³-hybridized carbons (Fsp3) is 0.214. The quantitative estimate of drug-likeness (QED) is 0.785. The molecule has 0 aliphatic rings. The second-order valence-corrected chi connectivity index (χ2v) is 4.39. The second-order valence-electron chi connectivity index (χ2n) is 4.12. The van der Waals surface area contributed by atoms with Gasteiger partial charge in [-0.25, -0.2) is 4.39 Å². The molecule has 2 nitrogen and oxygen atoms in total. The molecule has 1 heterocycles. The summed E-state index contributed by atoms with van der Waals surface area (Å²) < 4.78 is 12.8. The van der Waals surface area contributed by atoms with E-state index in [4.69, 9.17) is 11.6 Å². The van der Waals surface area contributed by atoms with Gasteiger partial charge in [0, 0.05) is 25.7 Å². The van der Waals surface area contributed by atoms with E-state index in [1.807, 2.05) is 13.1 Å². The molecule has 4 heteroatoms. The van der Waals surface area contributed by atoms with Gasteiger partial charge in [0.1, 0.15) is 5.82 Å². The van der Waals surface area contributed by atoms with Crippen LogP contribution in [0.25, 0.3) is 0 Å². The maximum atomic E-state index is 12.8. The fourth-order valence-corrected chi connectivity index (χ4v) is 2.05. The number of rotatable bonds is 4. The lowest BCUT2D eigenvalue weighted by molar-refractivity contribution is 0.627. The monoisotopic (exact) mass is 264 g/mol. The van der Waals surface area contributed by atoms with Gasteiger partial charge in [-0.05, 0) is 29.3 Å². The Morgan fingerprint density at radius 1 is 1.22 bits per heavy atom. The van der Waals surface area contributed by atoms with E-state index in [1.165, 1.54) is 12.1 Å². The summed E-state index contributed by atoms with van der Waals surface area (Å²) in [6, 6.07) is 8.40. The summed E-state index contributed by atoms with van der Waals surface area (Å²) in [4.78, 5) is 6.16. The van der Waals surface area contributed by atoms with Gasteiger partial charge in [0.25, 0.3) is 0 Å². The first-order valence-electron chi connectivity index (χ1n) is 5.65. The highest BCUT2D eigenvalue weighted by atomic mass is 35.5. The molecule has 18 heavy (non-hydrogen) atoms. The average molecular weight is 265 g/mol. The van der Waals surface area contributed by atoms with Crippen molar-refractivity contribution in [2.45, 2.75) is 12.4 Å². The smallest absolute Gasteiger partial charge is 0.123 e. The van der Waals surface area contributed by atoms with Crippen LogP contribution in [-0.2, 0) is 12.4 Å². The van der Waals surface area contributed by atoms with E-state index in [-0.39, 0.29) is 5.82 Å². The van der Waals surface area contributed by atoms with E-state index in [1.54, 1.807) is 24.5 Å². The van der Waals surface area contributed by atoms with Crippen molar-refractivity contribution >= 4 is 17.3 Å². The Hall–Kier alpha value is -1.61. The molecule has 1 aromatic heterocycles. The van der Waals surface area contributed by atoms with Crippen LogP contribution in [0, 0.1) is 5.82 Å². The van der Waals surface area contributed by atoms with Crippen molar-refractivity contribution in [3.8, 4) is 0 Å². The Morgan fingerprint density at radius 3 is 2.61 bits per heavy atom. The highest BCUT2D eigenvalue weighted by molar-refractivity contribution is 6.17. The number of anilines is 1. The van der Waals surface area contributed by atoms with Gasteiger partial charge in [-0.2, -0.15) is 0 Å². The lowest BCUT2D eigenvalue weighted by Crippen LogP contribution is -2.18. The van der Waals surface area contributed by atoms with Crippen molar-refractivity contribution in [1.29, 1.82) is 0 Å². The van der Waals surface area contributed by atoms with E-state index in [2.05, 4.69) is 9.88 Å². The Kier molecular flexibility index (Phi) is 4.15. The molecule has 0 saturated heterocycles. The van der Waals surface area contributed by atoms with Crippen LogP contribution in [0.3, 0.4) is 0 Å². The number of nitrogens with zero attached hydrogens (tertiary/aromatic N) is 2. The molecule has 0 fully saturated rings. The first-order chi connectivity index (χ1) is 8.70. The SMILES string of the molecule is CN(Cc1ccc(F)cc1)c1cnccc1CCl. The van der Waals surface area contributed by atoms with Crippen LogP contribution in [0.5, 0.6) is 0 Å². The minimum absolute atomic E-state index is 0.218. The van der Waals surface area contributed by atoms with Crippen molar-refractivity contribution in [2.75, 3.05) is 11.9 Å². The largest absolute Gasteiger partial charge is 0.369 e. The van der Waals surface area contributed by atoms with Crippen LogP contribution in [0.15, 0.2) is 42.7 Å². The van der Waals surface area contributed by atoms with Crippen LogP contribution in [0.1, 0.15) is 11.1 Å². The molecule has 2 rings (SSSR count). The molecular weight excluding hydrogens is 251 g/mol. The van der Waals surface area contributed by atoms with Crippen molar-refractivity contribution < 1.29 is 4.39 Å². The van der Waals surface area contributed by atoms with Crippen molar-refractivity contribution in [3.63, 3.8) is 0 Å². The number of halogens is 2. The lowest BCUT2D eigenvalue weighted by Gasteiger charge is -2.21. The molecule has 0 amide bonds. The Labute approximate surface area is 111 Å². The third kappa shape index (κ3) is 2.99. The Morgan fingerprint density at radius 2 is 1.94 bits per heavy atom. The van der Waals surface area contributed by atoms with Gasteiger partial charge < -0.3 is 4.90 Å². The first-order valence-corrected chi connectivity index (χ1v) is 6.18. The first kappa shape index (κ1) is 12.8. The van der Waals surface area contributed by atoms with Crippen molar-refractivity contribution in [2.24, 2.45) is 0 Å². The molecule has 0 bridgehead atoms. The maximum absolute atomic E-state index is 12.8. The molecule has 0 radical (unpaired) electrons. The van der Waals surface area contributed by atoms with Gasteiger partial charge in [-0.1, -0.05) is 12.1 Å². The van der Waals surface area contributed by atoms with Crippen LogP contribution < -0.4 is 4.90 Å². The number of aromatic nitrogens is 1. The van der Waals surface area contributed by atoms with Crippen LogP contribution in [-0.4, -0.2) is 12.0 Å². The Bertz CT molecular complexity index is 513. The zero-order valence-corrected chi connectivity index (χ0v) is 10.9. The normalized spacial score (nSPS) is 10.4. The van der Waals surface area contributed by atoms with Crippen LogP contribution >= 0.6 is 11.6 Å². The molecule has 0 saturated carbocycles. The number of hydrogen-bond acceptors (Lipinski definition) is 2. The predicted octanol–water partition coefficient (Wildman–Crippen LogP) is 3.60. The molecule has 0 N–H and O–H groups in total. The molecule has 0 aliphatic heterocycles. The maximum Gasteiger partial charge on any atom is 0.123 e. The highest BCUT2D eigenvalue weighted by Gasteiger charge is 2.07. The fourth-order valence-electron chi connectivity index (χ4n) is 1.82. The molecule has 0 atom stereocenters. The van der Waals surface area contributed by atoms with Gasteiger partial charge >= 0.3 is 0 Å². The van der Waals surface area contributed by atoms with E-state index in [0.29, 0.717) is 12.4 Å². The summed E-state index contributed by atoms with van der Waals surface area (Å²) in [6.07, 6.45) is 3.52. The van der Waals surface area contributed by atoms with Gasteiger partial charge in [-0.3, -0.25) is 4.98 Å². The number of alkyl halides is 1. The summed E-state index contributed by atoms with van der Waals surface area (Å²) in [5.41, 5.74) is 3.08. The van der Waals surface area contributed by atoms with Crippen molar-refractivity contribution in [1.82, 2.24) is 4.98 Å². The summed E-state index contributed by atoms with van der Waals surface area (Å²) in [7, 11) is 1.97. The summed E-state index contributed by atoms with van der Waals surface area (Å²) in [6.45, 7) is 0.690. The van der Waals surface area contributed by atoms with Gasteiger partial charge in [0.2, 0.25) is 0 Å². The predicted molar refractivity (Wildman–Crippen MR) is 72.3 cm³/mol. The Balaban J connectivity index is 2.16. The molecule has 1 aromatic carbocycles. The third-order valence-corrected chi connectivity index (χ3v) is 3.06. The second kappa shape index (κ2) is 5.83. The van der Waals surface area contributed by atoms with E-state index >= 15 is 0 Å². The zero-order chi connectivity index (χ0) is 13.0. The third-order valence-electron chi connectivity index (χ3n) is 2.78. The van der Waals surface area contributed by atoms with E-state index in [0.717, 1.165) is 16.8 Å². The molecule has 0 unspecified atom stereocenters. The standard InChI is InChI=1S/C14H14ClFN2/c1-18(10-11-2-4-13(16)5-3-11)14-9-17-7-6-12(14)8-15/h2-7,9H,8,10H2,1H3. The molecular formula is C14H14ClFN2. The highest BCUT2D eigenvalue weighted by Crippen LogP contribution is 2.21. The van der Waals surface area contributed by atoms with Crippen LogP contribution in [0.4, 0.5) is 10.1 Å². The summed E-state index contributed by atoms with van der Waals surface area (Å²) in [5, 5.41) is 0. The molecule has 94 valence electrons. The molecule has 2 aromatic rings. The van der Waals surface area contributed by atoms with Gasteiger partial charge in [-0.15, -0.1) is 11.6 Å². The average Bonchev–Trinajstić information content (AvgIpc) is 2.41. The minimum atomic E-state index is -0.218. The summed E-state index contributed by atoms with van der Waals surface area (Å²) in [5.74, 6) is 0.232. The van der Waals surface area contributed by atoms with Gasteiger partial charge in [0.15, 0.2) is 0 Å². The summed E-state index contributed by atoms with van der Waals surface area (Å²) >= 11 is 5.90.